The van der Waals surface area contributed by atoms with Crippen molar-refractivity contribution < 1.29 is 0 Å². The smallest absolute Gasteiger partial charge is 0.184 e. The summed E-state index contributed by atoms with van der Waals surface area (Å²) in [6.07, 6.45) is 2.49. The van der Waals surface area contributed by atoms with E-state index in [0.29, 0.717) is 5.92 Å². The molecule has 3 rings (SSSR count). The maximum absolute atomic E-state index is 6.17. The fourth-order valence-corrected chi connectivity index (χ4v) is 2.58. The lowest BCUT2D eigenvalue weighted by Crippen LogP contribution is -2.30. The second kappa shape index (κ2) is 4.05. The molecule has 100 valence electrons. The summed E-state index contributed by atoms with van der Waals surface area (Å²) in [6, 6.07) is 5.97. The van der Waals surface area contributed by atoms with Gasteiger partial charge in [0.05, 0.1) is 5.54 Å². The van der Waals surface area contributed by atoms with Crippen LogP contribution in [0.3, 0.4) is 0 Å². The lowest BCUT2D eigenvalue weighted by atomic mass is 9.98. The van der Waals surface area contributed by atoms with Gasteiger partial charge in [0.2, 0.25) is 0 Å². The van der Waals surface area contributed by atoms with Crippen LogP contribution >= 0.6 is 0 Å². The van der Waals surface area contributed by atoms with Crippen LogP contribution in [0.5, 0.6) is 0 Å². The molecule has 0 radical (unpaired) electrons. The van der Waals surface area contributed by atoms with Crippen LogP contribution in [0, 0.1) is 12.8 Å². The number of benzene rings is 1. The van der Waals surface area contributed by atoms with Crippen LogP contribution in [0.4, 0.5) is 5.69 Å². The number of hydrogen-bond donors (Lipinski definition) is 1. The Morgan fingerprint density at radius 2 is 2.05 bits per heavy atom. The molecule has 0 spiro atoms. The topological polar surface area (TPSA) is 69.6 Å². The fraction of sp³-hybridized carbons (Fsp3) is 0.500. The van der Waals surface area contributed by atoms with Gasteiger partial charge in [-0.1, -0.05) is 12.1 Å². The molecule has 0 amide bonds. The van der Waals surface area contributed by atoms with Crippen molar-refractivity contribution in [3.8, 4) is 11.4 Å². The van der Waals surface area contributed by atoms with E-state index in [-0.39, 0.29) is 5.54 Å². The van der Waals surface area contributed by atoms with E-state index in [9.17, 15) is 0 Å². The normalized spacial score (nSPS) is 15.7. The van der Waals surface area contributed by atoms with E-state index in [1.54, 1.807) is 0 Å². The number of nitrogen functional groups attached to an aromatic ring is 1. The van der Waals surface area contributed by atoms with Gasteiger partial charge in [-0.3, -0.25) is 0 Å². The molecule has 5 nitrogen and oxygen atoms in total. The van der Waals surface area contributed by atoms with Crippen LogP contribution < -0.4 is 5.73 Å². The third-order valence-electron chi connectivity index (χ3n) is 4.16. The van der Waals surface area contributed by atoms with Crippen molar-refractivity contribution in [1.82, 2.24) is 20.2 Å². The largest absolute Gasteiger partial charge is 0.398 e. The average molecular weight is 257 g/mol. The summed E-state index contributed by atoms with van der Waals surface area (Å²) < 4.78 is 1.93. The molecule has 1 aliphatic carbocycles. The Morgan fingerprint density at radius 3 is 2.74 bits per heavy atom. The van der Waals surface area contributed by atoms with Crippen molar-refractivity contribution in [1.29, 1.82) is 0 Å². The number of tetrazole rings is 1. The number of para-hydroxylation sites is 1. The number of anilines is 1. The van der Waals surface area contributed by atoms with Crippen LogP contribution in [0.25, 0.3) is 11.4 Å². The minimum absolute atomic E-state index is 0.0605. The second-order valence-electron chi connectivity index (χ2n) is 5.88. The van der Waals surface area contributed by atoms with E-state index >= 15 is 0 Å². The van der Waals surface area contributed by atoms with Crippen LogP contribution in [0.1, 0.15) is 32.3 Å². The van der Waals surface area contributed by atoms with Crippen molar-refractivity contribution in [3.05, 3.63) is 23.8 Å². The van der Waals surface area contributed by atoms with Gasteiger partial charge >= 0.3 is 0 Å². The maximum Gasteiger partial charge on any atom is 0.184 e. The highest BCUT2D eigenvalue weighted by Gasteiger charge is 2.41. The molecule has 1 heterocycles. The van der Waals surface area contributed by atoms with E-state index in [1.165, 1.54) is 12.8 Å². The van der Waals surface area contributed by atoms with E-state index in [4.69, 9.17) is 5.73 Å². The molecule has 0 unspecified atom stereocenters. The van der Waals surface area contributed by atoms with E-state index in [0.717, 1.165) is 22.6 Å². The molecule has 5 heteroatoms. The highest BCUT2D eigenvalue weighted by molar-refractivity contribution is 5.74. The van der Waals surface area contributed by atoms with Gasteiger partial charge in [0.25, 0.3) is 0 Å². The predicted octanol–water partition coefficient (Wildman–Crippen LogP) is 2.38. The Balaban J connectivity index is 2.12. The molecular formula is C14H19N5. The molecule has 19 heavy (non-hydrogen) atoms. The molecular weight excluding hydrogens is 238 g/mol. The van der Waals surface area contributed by atoms with Crippen molar-refractivity contribution in [3.63, 3.8) is 0 Å². The molecule has 1 saturated carbocycles. The van der Waals surface area contributed by atoms with Crippen LogP contribution in [-0.4, -0.2) is 20.2 Å². The highest BCUT2D eigenvalue weighted by atomic mass is 15.6. The Labute approximate surface area is 112 Å². The minimum Gasteiger partial charge on any atom is -0.398 e. The summed E-state index contributed by atoms with van der Waals surface area (Å²) in [5.41, 5.74) is 8.83. The Bertz CT molecular complexity index is 610. The third kappa shape index (κ3) is 1.89. The standard InChI is InChI=1S/C14H19N5/c1-9-5-4-6-11(12(9)15)13-16-17-18-19(13)14(2,3)10-7-8-10/h4-6,10H,7-8,15H2,1-3H3. The molecule has 1 aromatic carbocycles. The minimum atomic E-state index is -0.0605. The van der Waals surface area contributed by atoms with Gasteiger partial charge in [-0.15, -0.1) is 5.10 Å². The van der Waals surface area contributed by atoms with Crippen LogP contribution in [-0.2, 0) is 5.54 Å². The zero-order valence-corrected chi connectivity index (χ0v) is 11.6. The van der Waals surface area contributed by atoms with Crippen molar-refractivity contribution in [2.75, 3.05) is 5.73 Å². The molecule has 1 aromatic heterocycles. The van der Waals surface area contributed by atoms with Gasteiger partial charge in [-0.25, -0.2) is 4.68 Å². The van der Waals surface area contributed by atoms with Gasteiger partial charge in [-0.2, -0.15) is 0 Å². The lowest BCUT2D eigenvalue weighted by molar-refractivity contribution is 0.271. The number of rotatable bonds is 3. The van der Waals surface area contributed by atoms with Crippen molar-refractivity contribution in [2.24, 2.45) is 5.92 Å². The molecule has 1 fully saturated rings. The third-order valence-corrected chi connectivity index (χ3v) is 4.16. The first-order chi connectivity index (χ1) is 9.01. The number of aryl methyl sites for hydroxylation is 1. The van der Waals surface area contributed by atoms with Gasteiger partial charge in [0.1, 0.15) is 0 Å². The van der Waals surface area contributed by atoms with Crippen LogP contribution in [0.2, 0.25) is 0 Å². The van der Waals surface area contributed by atoms with E-state index < -0.39 is 0 Å². The lowest BCUT2D eigenvalue weighted by Gasteiger charge is -2.25. The van der Waals surface area contributed by atoms with Gasteiger partial charge in [-0.05, 0) is 61.6 Å². The number of hydrogen-bond acceptors (Lipinski definition) is 4. The summed E-state index contributed by atoms with van der Waals surface area (Å²) in [6.45, 7) is 6.38. The Kier molecular flexibility index (Phi) is 2.59. The zero-order valence-electron chi connectivity index (χ0n) is 11.6. The van der Waals surface area contributed by atoms with E-state index in [2.05, 4.69) is 29.4 Å². The van der Waals surface area contributed by atoms with Crippen molar-refractivity contribution in [2.45, 2.75) is 39.2 Å². The van der Waals surface area contributed by atoms with Crippen LogP contribution in [0.15, 0.2) is 18.2 Å². The zero-order chi connectivity index (χ0) is 13.6. The number of nitrogens with two attached hydrogens (primary N) is 1. The monoisotopic (exact) mass is 257 g/mol. The molecule has 0 atom stereocenters. The summed E-state index contributed by atoms with van der Waals surface area (Å²) in [5, 5.41) is 12.2. The molecule has 0 bridgehead atoms. The average Bonchev–Trinajstić information content (AvgIpc) is 3.12. The SMILES string of the molecule is Cc1cccc(-c2nnnn2C(C)(C)C2CC2)c1N. The first-order valence-corrected chi connectivity index (χ1v) is 6.66. The van der Waals surface area contributed by atoms with Crippen molar-refractivity contribution >= 4 is 5.69 Å². The van der Waals surface area contributed by atoms with Gasteiger partial charge in [0, 0.05) is 11.3 Å². The first-order valence-electron chi connectivity index (χ1n) is 6.66. The number of aromatic nitrogens is 4. The molecule has 2 N–H and O–H groups in total. The molecule has 1 aliphatic rings. The Morgan fingerprint density at radius 1 is 1.32 bits per heavy atom. The van der Waals surface area contributed by atoms with E-state index in [1.807, 2.05) is 29.8 Å². The molecule has 0 saturated heterocycles. The highest BCUT2D eigenvalue weighted by Crippen LogP contribution is 2.45. The maximum atomic E-state index is 6.17. The predicted molar refractivity (Wildman–Crippen MR) is 74.4 cm³/mol. The summed E-state index contributed by atoms with van der Waals surface area (Å²) in [4.78, 5) is 0. The molecule has 0 aliphatic heterocycles. The fourth-order valence-electron chi connectivity index (χ4n) is 2.58. The molecule has 2 aromatic rings. The first kappa shape index (κ1) is 12.1. The Hall–Kier alpha value is -1.91. The quantitative estimate of drug-likeness (QED) is 0.857. The summed E-state index contributed by atoms with van der Waals surface area (Å²) in [5.74, 6) is 1.42. The summed E-state index contributed by atoms with van der Waals surface area (Å²) in [7, 11) is 0. The van der Waals surface area contributed by atoms with Gasteiger partial charge < -0.3 is 5.73 Å². The second-order valence-corrected chi connectivity index (χ2v) is 5.88. The summed E-state index contributed by atoms with van der Waals surface area (Å²) >= 11 is 0. The number of nitrogens with zero attached hydrogens (tertiary/aromatic N) is 4. The van der Waals surface area contributed by atoms with Gasteiger partial charge in [0.15, 0.2) is 5.82 Å².